The van der Waals surface area contributed by atoms with E-state index in [1.165, 1.54) is 13.5 Å². The van der Waals surface area contributed by atoms with Crippen LogP contribution < -0.4 is 5.43 Å². The molecule has 1 aliphatic rings. The number of nitrogens with one attached hydrogen (secondary N) is 1. The van der Waals surface area contributed by atoms with Gasteiger partial charge in [-0.2, -0.15) is 5.10 Å². The molecule has 0 spiro atoms. The summed E-state index contributed by atoms with van der Waals surface area (Å²) in [5.74, 6) is 0.631. The van der Waals surface area contributed by atoms with Crippen LogP contribution in [0.5, 0.6) is 0 Å². The van der Waals surface area contributed by atoms with Crippen LogP contribution in [0, 0.1) is 11.3 Å². The van der Waals surface area contributed by atoms with Gasteiger partial charge in [0.2, 0.25) is 0 Å². The highest BCUT2D eigenvalue weighted by Gasteiger charge is 2.29. The van der Waals surface area contributed by atoms with Crippen molar-refractivity contribution in [3.05, 3.63) is 0 Å². The van der Waals surface area contributed by atoms with Crippen LogP contribution in [-0.2, 0) is 4.74 Å². The van der Waals surface area contributed by atoms with Gasteiger partial charge >= 0.3 is 6.09 Å². The van der Waals surface area contributed by atoms with Crippen LogP contribution in [0.2, 0.25) is 0 Å². The van der Waals surface area contributed by atoms with Crippen LogP contribution in [-0.4, -0.2) is 18.9 Å². The van der Waals surface area contributed by atoms with Gasteiger partial charge in [-0.1, -0.05) is 20.8 Å². The predicted molar refractivity (Wildman–Crippen MR) is 59.8 cm³/mol. The van der Waals surface area contributed by atoms with Gasteiger partial charge in [-0.3, -0.25) is 0 Å². The lowest BCUT2D eigenvalue weighted by Gasteiger charge is -2.34. The van der Waals surface area contributed by atoms with E-state index in [4.69, 9.17) is 0 Å². The summed E-state index contributed by atoms with van der Waals surface area (Å²) < 4.78 is 4.46. The van der Waals surface area contributed by atoms with Crippen molar-refractivity contribution in [1.82, 2.24) is 5.43 Å². The first-order chi connectivity index (χ1) is 6.93. The Hall–Kier alpha value is -1.06. The number of ether oxygens (including phenoxy) is 1. The molecule has 1 amide bonds. The standard InChI is InChI=1S/C11H20N2O2/c1-8-5-9(7-11(2,3)6-8)12-13-10(14)15-4/h8H,5-7H2,1-4H3,(H,13,14)/b12-9-/t8-/m1/s1. The molecule has 1 fully saturated rings. The normalized spacial score (nSPS) is 27.5. The van der Waals surface area contributed by atoms with E-state index in [0.717, 1.165) is 18.6 Å². The molecule has 0 aliphatic heterocycles. The molecular formula is C11H20N2O2. The molecule has 0 aromatic rings. The SMILES string of the molecule is COC(=O)N/N=C1/C[C@@H](C)CC(C)(C)C1. The first kappa shape index (κ1) is 12.0. The molecule has 1 rings (SSSR count). The van der Waals surface area contributed by atoms with Gasteiger partial charge in [-0.25, -0.2) is 10.2 Å². The Bertz CT molecular complexity index is 272. The Kier molecular flexibility index (Phi) is 3.72. The van der Waals surface area contributed by atoms with Crippen LogP contribution in [0.15, 0.2) is 5.10 Å². The summed E-state index contributed by atoms with van der Waals surface area (Å²) in [5, 5.41) is 4.09. The van der Waals surface area contributed by atoms with Gasteiger partial charge < -0.3 is 4.74 Å². The van der Waals surface area contributed by atoms with Crippen molar-refractivity contribution in [2.45, 2.75) is 40.0 Å². The van der Waals surface area contributed by atoms with Gasteiger partial charge in [0.05, 0.1) is 7.11 Å². The summed E-state index contributed by atoms with van der Waals surface area (Å²) in [6, 6.07) is 0. The minimum absolute atomic E-state index is 0.286. The largest absolute Gasteiger partial charge is 0.452 e. The van der Waals surface area contributed by atoms with Gasteiger partial charge in [0.15, 0.2) is 0 Å². The van der Waals surface area contributed by atoms with Crippen molar-refractivity contribution in [2.75, 3.05) is 7.11 Å². The van der Waals surface area contributed by atoms with Crippen molar-refractivity contribution in [3.63, 3.8) is 0 Å². The van der Waals surface area contributed by atoms with Gasteiger partial charge in [-0.15, -0.1) is 0 Å². The fraction of sp³-hybridized carbons (Fsp3) is 0.818. The highest BCUT2D eigenvalue weighted by molar-refractivity contribution is 5.86. The minimum atomic E-state index is -0.501. The topological polar surface area (TPSA) is 50.7 Å². The number of hydrogen-bond donors (Lipinski definition) is 1. The summed E-state index contributed by atoms with van der Waals surface area (Å²) in [5.41, 5.74) is 3.73. The first-order valence-corrected chi connectivity index (χ1v) is 5.32. The van der Waals surface area contributed by atoms with E-state index in [0.29, 0.717) is 5.92 Å². The minimum Gasteiger partial charge on any atom is -0.452 e. The maximum atomic E-state index is 10.9. The van der Waals surface area contributed by atoms with Gasteiger partial charge in [-0.05, 0) is 30.6 Å². The molecule has 0 radical (unpaired) electrons. The molecular weight excluding hydrogens is 192 g/mol. The maximum absolute atomic E-state index is 10.9. The molecule has 4 heteroatoms. The molecule has 0 unspecified atom stereocenters. The van der Waals surface area contributed by atoms with E-state index < -0.39 is 6.09 Å². The highest BCUT2D eigenvalue weighted by atomic mass is 16.5. The predicted octanol–water partition coefficient (Wildman–Crippen LogP) is 2.54. The third-order valence-electron chi connectivity index (χ3n) is 2.66. The third kappa shape index (κ3) is 3.90. The van der Waals surface area contributed by atoms with Crippen LogP contribution in [0.4, 0.5) is 4.79 Å². The van der Waals surface area contributed by atoms with Crippen molar-refractivity contribution in [1.29, 1.82) is 0 Å². The summed E-state index contributed by atoms with van der Waals surface area (Å²) in [4.78, 5) is 10.9. The number of hydrogen-bond acceptors (Lipinski definition) is 3. The number of nitrogens with zero attached hydrogens (tertiary/aromatic N) is 1. The van der Waals surface area contributed by atoms with Crippen LogP contribution in [0.1, 0.15) is 40.0 Å². The smallest absolute Gasteiger partial charge is 0.427 e. The van der Waals surface area contributed by atoms with E-state index in [2.05, 4.69) is 36.0 Å². The molecule has 1 saturated carbocycles. The summed E-state index contributed by atoms with van der Waals surface area (Å²) in [6.45, 7) is 6.68. The second-order valence-electron chi connectivity index (χ2n) is 5.14. The van der Waals surface area contributed by atoms with Crippen LogP contribution in [0.3, 0.4) is 0 Å². The molecule has 0 aromatic carbocycles. The Morgan fingerprint density at radius 2 is 2.27 bits per heavy atom. The number of carbonyl (C=O) groups is 1. The van der Waals surface area contributed by atoms with Crippen molar-refractivity contribution in [3.8, 4) is 0 Å². The summed E-state index contributed by atoms with van der Waals surface area (Å²) >= 11 is 0. The van der Waals surface area contributed by atoms with E-state index in [1.807, 2.05) is 0 Å². The quantitative estimate of drug-likeness (QED) is 0.679. The average molecular weight is 212 g/mol. The molecule has 1 atom stereocenters. The molecule has 1 N–H and O–H groups in total. The van der Waals surface area contributed by atoms with Crippen molar-refractivity contribution in [2.24, 2.45) is 16.4 Å². The molecule has 0 heterocycles. The third-order valence-corrected chi connectivity index (χ3v) is 2.66. The number of hydrazone groups is 1. The number of rotatable bonds is 1. The van der Waals surface area contributed by atoms with E-state index in [9.17, 15) is 4.79 Å². The lowest BCUT2D eigenvalue weighted by molar-refractivity contribution is 0.171. The lowest BCUT2D eigenvalue weighted by Crippen LogP contribution is -2.30. The fourth-order valence-corrected chi connectivity index (χ4v) is 2.37. The summed E-state index contributed by atoms with van der Waals surface area (Å²) in [6.07, 6.45) is 2.62. The molecule has 4 nitrogen and oxygen atoms in total. The van der Waals surface area contributed by atoms with Crippen molar-refractivity contribution >= 4 is 11.8 Å². The van der Waals surface area contributed by atoms with E-state index in [1.54, 1.807) is 0 Å². The van der Waals surface area contributed by atoms with Gasteiger partial charge in [0.1, 0.15) is 0 Å². The number of amides is 1. The average Bonchev–Trinajstić information content (AvgIpc) is 2.11. The van der Waals surface area contributed by atoms with Gasteiger partial charge in [0, 0.05) is 5.71 Å². The van der Waals surface area contributed by atoms with Crippen molar-refractivity contribution < 1.29 is 9.53 Å². The maximum Gasteiger partial charge on any atom is 0.427 e. The van der Waals surface area contributed by atoms with E-state index in [-0.39, 0.29) is 5.41 Å². The number of methoxy groups -OCH3 is 1. The van der Waals surface area contributed by atoms with E-state index >= 15 is 0 Å². The Labute approximate surface area is 91.1 Å². The molecule has 1 aliphatic carbocycles. The Morgan fingerprint density at radius 1 is 1.60 bits per heavy atom. The van der Waals surface area contributed by atoms with Gasteiger partial charge in [0.25, 0.3) is 0 Å². The number of carbonyl (C=O) groups excluding carboxylic acids is 1. The molecule has 0 saturated heterocycles. The highest BCUT2D eigenvalue weighted by Crippen LogP contribution is 2.36. The summed E-state index contributed by atoms with van der Waals surface area (Å²) in [7, 11) is 1.34. The zero-order chi connectivity index (χ0) is 11.5. The molecule has 0 aromatic heterocycles. The second-order valence-corrected chi connectivity index (χ2v) is 5.14. The molecule has 86 valence electrons. The monoisotopic (exact) mass is 212 g/mol. The molecule has 0 bridgehead atoms. The zero-order valence-corrected chi connectivity index (χ0v) is 9.96. The second kappa shape index (κ2) is 4.64. The fourth-order valence-electron chi connectivity index (χ4n) is 2.37. The molecule has 15 heavy (non-hydrogen) atoms. The zero-order valence-electron chi connectivity index (χ0n) is 9.96. The first-order valence-electron chi connectivity index (χ1n) is 5.32. The van der Waals surface area contributed by atoms with Crippen LogP contribution in [0.25, 0.3) is 0 Å². The lowest BCUT2D eigenvalue weighted by atomic mass is 9.72. The van der Waals surface area contributed by atoms with Crippen LogP contribution >= 0.6 is 0 Å². The Balaban J connectivity index is 2.58. The Morgan fingerprint density at radius 3 is 2.80 bits per heavy atom.